The lowest BCUT2D eigenvalue weighted by Crippen LogP contribution is -2.27. The predicted octanol–water partition coefficient (Wildman–Crippen LogP) is 4.28. The zero-order valence-corrected chi connectivity index (χ0v) is 15.3. The monoisotopic (exact) mass is 381 g/mol. The van der Waals surface area contributed by atoms with Crippen LogP contribution >= 0.6 is 24.0 Å². The minimum Gasteiger partial charge on any atom is -0.481 e. The lowest BCUT2D eigenvalue weighted by molar-refractivity contribution is -0.136. The molecule has 0 bridgehead atoms. The van der Waals surface area contributed by atoms with Crippen LogP contribution in [0.3, 0.4) is 0 Å². The van der Waals surface area contributed by atoms with Gasteiger partial charge in [0.25, 0.3) is 5.91 Å². The SMILES string of the molecule is O=C(O)Cc1ccc(N2C(=O)/C(=C/C=C/c3ccccc3)SC2=S)cc1. The number of carboxylic acids is 1. The summed E-state index contributed by atoms with van der Waals surface area (Å²) in [7, 11) is 0. The number of hydrogen-bond acceptors (Lipinski definition) is 4. The first kappa shape index (κ1) is 18.1. The van der Waals surface area contributed by atoms with E-state index in [4.69, 9.17) is 17.3 Å². The third-order valence-electron chi connectivity index (χ3n) is 3.68. The molecule has 130 valence electrons. The van der Waals surface area contributed by atoms with Gasteiger partial charge in [0.2, 0.25) is 0 Å². The number of carbonyl (C=O) groups is 2. The molecule has 0 radical (unpaired) electrons. The van der Waals surface area contributed by atoms with E-state index in [1.54, 1.807) is 30.3 Å². The molecule has 0 saturated carbocycles. The average Bonchev–Trinajstić information content (AvgIpc) is 2.90. The van der Waals surface area contributed by atoms with Gasteiger partial charge >= 0.3 is 5.97 Å². The second-order valence-corrected chi connectivity index (χ2v) is 7.22. The lowest BCUT2D eigenvalue weighted by Gasteiger charge is -2.14. The van der Waals surface area contributed by atoms with E-state index in [2.05, 4.69) is 0 Å². The molecule has 6 heteroatoms. The topological polar surface area (TPSA) is 57.6 Å². The molecule has 2 aromatic carbocycles. The first-order chi connectivity index (χ1) is 12.5. The van der Waals surface area contributed by atoms with E-state index < -0.39 is 5.97 Å². The number of hydrogen-bond donors (Lipinski definition) is 1. The van der Waals surface area contributed by atoms with Crippen LogP contribution in [0.5, 0.6) is 0 Å². The Morgan fingerprint density at radius 2 is 1.81 bits per heavy atom. The highest BCUT2D eigenvalue weighted by Gasteiger charge is 2.32. The molecule has 1 aliphatic rings. The van der Waals surface area contributed by atoms with Crippen molar-refractivity contribution in [2.45, 2.75) is 6.42 Å². The van der Waals surface area contributed by atoms with Gasteiger partial charge in [-0.25, -0.2) is 0 Å². The number of amides is 1. The van der Waals surface area contributed by atoms with Crippen molar-refractivity contribution in [3.8, 4) is 0 Å². The van der Waals surface area contributed by atoms with E-state index >= 15 is 0 Å². The van der Waals surface area contributed by atoms with Gasteiger partial charge < -0.3 is 5.11 Å². The highest BCUT2D eigenvalue weighted by molar-refractivity contribution is 8.27. The van der Waals surface area contributed by atoms with E-state index in [1.807, 2.05) is 42.5 Å². The number of thioether (sulfide) groups is 1. The Hall–Kier alpha value is -2.70. The summed E-state index contributed by atoms with van der Waals surface area (Å²) >= 11 is 6.58. The number of thiocarbonyl (C=S) groups is 1. The van der Waals surface area contributed by atoms with Gasteiger partial charge in [0.05, 0.1) is 17.0 Å². The maximum atomic E-state index is 12.6. The van der Waals surface area contributed by atoms with Crippen LogP contribution in [0.4, 0.5) is 5.69 Å². The Kier molecular flexibility index (Phi) is 5.65. The fourth-order valence-corrected chi connectivity index (χ4v) is 3.70. The summed E-state index contributed by atoms with van der Waals surface area (Å²) in [4.78, 5) is 25.4. The maximum Gasteiger partial charge on any atom is 0.307 e. The van der Waals surface area contributed by atoms with Gasteiger partial charge in [-0.2, -0.15) is 0 Å². The molecule has 0 atom stereocenters. The quantitative estimate of drug-likeness (QED) is 0.619. The number of carboxylic acid groups (broad SMARTS) is 1. The number of rotatable bonds is 5. The standard InChI is InChI=1S/C20H15NO3S2/c22-18(23)13-15-9-11-16(12-10-15)21-19(24)17(26-20(21)25)8-4-7-14-5-2-1-3-6-14/h1-12H,13H2,(H,22,23)/b7-4+,17-8-. The lowest BCUT2D eigenvalue weighted by atomic mass is 10.1. The van der Waals surface area contributed by atoms with Crippen molar-refractivity contribution in [2.24, 2.45) is 0 Å². The highest BCUT2D eigenvalue weighted by Crippen LogP contribution is 2.35. The number of aliphatic carboxylic acids is 1. The van der Waals surface area contributed by atoms with Gasteiger partial charge in [0, 0.05) is 0 Å². The molecule has 4 nitrogen and oxygen atoms in total. The van der Waals surface area contributed by atoms with Crippen molar-refractivity contribution in [2.75, 3.05) is 4.90 Å². The summed E-state index contributed by atoms with van der Waals surface area (Å²) in [6, 6.07) is 16.6. The second-order valence-electron chi connectivity index (χ2n) is 5.55. The van der Waals surface area contributed by atoms with Crippen LogP contribution in [-0.2, 0) is 16.0 Å². The molecule has 0 unspecified atom stereocenters. The highest BCUT2D eigenvalue weighted by atomic mass is 32.2. The fourth-order valence-electron chi connectivity index (χ4n) is 2.45. The molecule has 0 aliphatic carbocycles. The molecule has 1 N–H and O–H groups in total. The van der Waals surface area contributed by atoms with Crippen molar-refractivity contribution >= 4 is 51.9 Å². The first-order valence-corrected chi connectivity index (χ1v) is 9.07. The zero-order valence-electron chi connectivity index (χ0n) is 13.7. The van der Waals surface area contributed by atoms with Gasteiger partial charge in [-0.15, -0.1) is 0 Å². The Bertz CT molecular complexity index is 902. The van der Waals surface area contributed by atoms with Crippen molar-refractivity contribution < 1.29 is 14.7 Å². The Balaban J connectivity index is 1.75. The molecule has 3 rings (SSSR count). The van der Waals surface area contributed by atoms with Gasteiger partial charge in [-0.05, 0) is 29.3 Å². The normalized spacial score (nSPS) is 16.0. The van der Waals surface area contributed by atoms with E-state index in [0.717, 1.165) is 5.56 Å². The molecule has 1 saturated heterocycles. The summed E-state index contributed by atoms with van der Waals surface area (Å²) in [5.74, 6) is -1.07. The Morgan fingerprint density at radius 3 is 2.46 bits per heavy atom. The molecule has 1 heterocycles. The second kappa shape index (κ2) is 8.12. The van der Waals surface area contributed by atoms with Crippen LogP contribution in [0.2, 0.25) is 0 Å². The van der Waals surface area contributed by atoms with Gasteiger partial charge in [0.1, 0.15) is 0 Å². The summed E-state index contributed by atoms with van der Waals surface area (Å²) in [6.07, 6.45) is 5.46. The average molecular weight is 381 g/mol. The molecule has 26 heavy (non-hydrogen) atoms. The molecule has 2 aromatic rings. The molecular weight excluding hydrogens is 366 g/mol. The van der Waals surface area contributed by atoms with Gasteiger partial charge in [-0.1, -0.05) is 78.6 Å². The van der Waals surface area contributed by atoms with Crippen molar-refractivity contribution in [3.63, 3.8) is 0 Å². The number of nitrogens with zero attached hydrogens (tertiary/aromatic N) is 1. The van der Waals surface area contributed by atoms with Crippen LogP contribution in [0.15, 0.2) is 71.7 Å². The molecule has 1 amide bonds. The van der Waals surface area contributed by atoms with Crippen LogP contribution in [0.25, 0.3) is 6.08 Å². The third-order valence-corrected chi connectivity index (χ3v) is 5.00. The molecule has 1 fully saturated rings. The molecule has 0 aromatic heterocycles. The Labute approximate surface area is 160 Å². The van der Waals surface area contributed by atoms with Crippen LogP contribution in [-0.4, -0.2) is 21.3 Å². The van der Waals surface area contributed by atoms with Gasteiger partial charge in [0.15, 0.2) is 4.32 Å². The largest absolute Gasteiger partial charge is 0.481 e. The molecular formula is C20H15NO3S2. The number of allylic oxidation sites excluding steroid dienone is 2. The van der Waals surface area contributed by atoms with E-state index in [0.29, 0.717) is 20.5 Å². The summed E-state index contributed by atoms with van der Waals surface area (Å²) in [5, 5.41) is 8.83. The zero-order chi connectivity index (χ0) is 18.5. The van der Waals surface area contributed by atoms with Gasteiger partial charge in [-0.3, -0.25) is 14.5 Å². The summed E-state index contributed by atoms with van der Waals surface area (Å²) in [6.45, 7) is 0. The van der Waals surface area contributed by atoms with Crippen molar-refractivity contribution in [3.05, 3.63) is 82.8 Å². The number of anilines is 1. The first-order valence-electron chi connectivity index (χ1n) is 7.85. The molecule has 1 aliphatic heterocycles. The van der Waals surface area contributed by atoms with Crippen LogP contribution in [0, 0.1) is 0 Å². The van der Waals surface area contributed by atoms with Crippen molar-refractivity contribution in [1.29, 1.82) is 0 Å². The minimum atomic E-state index is -0.892. The van der Waals surface area contributed by atoms with Crippen LogP contribution < -0.4 is 4.90 Å². The number of benzene rings is 2. The fraction of sp³-hybridized carbons (Fsp3) is 0.0500. The van der Waals surface area contributed by atoms with E-state index in [9.17, 15) is 9.59 Å². The van der Waals surface area contributed by atoms with Crippen molar-refractivity contribution in [1.82, 2.24) is 0 Å². The predicted molar refractivity (Wildman–Crippen MR) is 109 cm³/mol. The van der Waals surface area contributed by atoms with E-state index in [-0.39, 0.29) is 12.3 Å². The maximum absolute atomic E-state index is 12.6. The smallest absolute Gasteiger partial charge is 0.307 e. The van der Waals surface area contributed by atoms with Crippen LogP contribution in [0.1, 0.15) is 11.1 Å². The summed E-state index contributed by atoms with van der Waals surface area (Å²) in [5.41, 5.74) is 2.36. The summed E-state index contributed by atoms with van der Waals surface area (Å²) < 4.78 is 0.459. The van der Waals surface area contributed by atoms with E-state index in [1.165, 1.54) is 16.7 Å². The third kappa shape index (κ3) is 4.28. The number of carbonyl (C=O) groups excluding carboxylic acids is 1. The Morgan fingerprint density at radius 1 is 1.12 bits per heavy atom. The molecule has 0 spiro atoms. The minimum absolute atomic E-state index is 0.0527.